The van der Waals surface area contributed by atoms with Crippen LogP contribution in [0.1, 0.15) is 0 Å². The highest BCUT2D eigenvalue weighted by Gasteiger charge is 2.19. The summed E-state index contributed by atoms with van der Waals surface area (Å²) in [6.45, 7) is -1.02. The SMILES string of the molecule is COc1ccc(N)cc1S(=O)(=O)NCCOCC(F)F. The van der Waals surface area contributed by atoms with E-state index >= 15 is 0 Å². The van der Waals surface area contributed by atoms with Gasteiger partial charge >= 0.3 is 0 Å². The topological polar surface area (TPSA) is 90.7 Å². The lowest BCUT2D eigenvalue weighted by atomic mass is 10.3. The number of methoxy groups -OCH3 is 1. The Morgan fingerprint density at radius 3 is 2.70 bits per heavy atom. The standard InChI is InChI=1S/C11H16F2N2O4S/c1-18-9-3-2-8(14)6-10(9)20(16,17)15-4-5-19-7-11(12)13/h2-3,6,11,15H,4-5,7,14H2,1H3. The summed E-state index contributed by atoms with van der Waals surface area (Å²) in [5, 5.41) is 0. The number of alkyl halides is 2. The predicted molar refractivity (Wildman–Crippen MR) is 69.4 cm³/mol. The largest absolute Gasteiger partial charge is 0.495 e. The maximum Gasteiger partial charge on any atom is 0.261 e. The van der Waals surface area contributed by atoms with Gasteiger partial charge in [-0.1, -0.05) is 0 Å². The van der Waals surface area contributed by atoms with Crippen LogP contribution in [0.15, 0.2) is 23.1 Å². The first-order valence-electron chi connectivity index (χ1n) is 5.66. The van der Waals surface area contributed by atoms with Crippen LogP contribution >= 0.6 is 0 Å². The molecule has 0 heterocycles. The highest BCUT2D eigenvalue weighted by Crippen LogP contribution is 2.25. The monoisotopic (exact) mass is 310 g/mol. The molecule has 0 unspecified atom stereocenters. The van der Waals surface area contributed by atoms with Crippen molar-refractivity contribution in [2.24, 2.45) is 0 Å². The average Bonchev–Trinajstić information content (AvgIpc) is 2.37. The molecule has 9 heteroatoms. The molecule has 20 heavy (non-hydrogen) atoms. The van der Waals surface area contributed by atoms with Gasteiger partial charge in [0.2, 0.25) is 10.0 Å². The summed E-state index contributed by atoms with van der Waals surface area (Å²) in [5.41, 5.74) is 5.80. The minimum absolute atomic E-state index is 0.117. The zero-order valence-electron chi connectivity index (χ0n) is 10.8. The maximum atomic E-state index is 12.0. The van der Waals surface area contributed by atoms with Gasteiger partial charge in [0.25, 0.3) is 6.43 Å². The number of sulfonamides is 1. The summed E-state index contributed by atoms with van der Waals surface area (Å²) in [4.78, 5) is -0.117. The smallest absolute Gasteiger partial charge is 0.261 e. The molecular formula is C11H16F2N2O4S. The number of hydrogen-bond donors (Lipinski definition) is 2. The fourth-order valence-electron chi connectivity index (χ4n) is 1.40. The van der Waals surface area contributed by atoms with E-state index in [0.29, 0.717) is 0 Å². The van der Waals surface area contributed by atoms with Crippen LogP contribution < -0.4 is 15.2 Å². The number of nitrogens with two attached hydrogens (primary N) is 1. The van der Waals surface area contributed by atoms with E-state index in [9.17, 15) is 17.2 Å². The molecule has 0 radical (unpaired) electrons. The lowest BCUT2D eigenvalue weighted by Gasteiger charge is -2.11. The van der Waals surface area contributed by atoms with E-state index in [1.807, 2.05) is 0 Å². The van der Waals surface area contributed by atoms with Gasteiger partial charge in [0.05, 0.1) is 13.7 Å². The highest BCUT2D eigenvalue weighted by molar-refractivity contribution is 7.89. The molecule has 1 aromatic carbocycles. The van der Waals surface area contributed by atoms with Crippen molar-refractivity contribution in [2.45, 2.75) is 11.3 Å². The van der Waals surface area contributed by atoms with Crippen molar-refractivity contribution >= 4 is 15.7 Å². The normalized spacial score (nSPS) is 11.8. The van der Waals surface area contributed by atoms with Gasteiger partial charge in [-0.15, -0.1) is 0 Å². The van der Waals surface area contributed by atoms with E-state index < -0.39 is 23.1 Å². The second-order valence-corrected chi connectivity index (χ2v) is 5.51. The fraction of sp³-hybridized carbons (Fsp3) is 0.455. The van der Waals surface area contributed by atoms with Gasteiger partial charge in [0.15, 0.2) is 0 Å². The van der Waals surface area contributed by atoms with Crippen molar-refractivity contribution in [3.8, 4) is 5.75 Å². The Bertz CT molecular complexity index is 537. The van der Waals surface area contributed by atoms with Gasteiger partial charge in [0.1, 0.15) is 17.3 Å². The van der Waals surface area contributed by atoms with E-state index in [4.69, 9.17) is 10.5 Å². The van der Waals surface area contributed by atoms with Crippen LogP contribution in [0.3, 0.4) is 0 Å². The lowest BCUT2D eigenvalue weighted by Crippen LogP contribution is -2.28. The Morgan fingerprint density at radius 1 is 1.40 bits per heavy atom. The first-order valence-corrected chi connectivity index (χ1v) is 7.14. The third-order valence-corrected chi connectivity index (χ3v) is 3.74. The first-order chi connectivity index (χ1) is 9.36. The molecule has 3 N–H and O–H groups in total. The van der Waals surface area contributed by atoms with Gasteiger partial charge in [-0.3, -0.25) is 0 Å². The Morgan fingerprint density at radius 2 is 2.10 bits per heavy atom. The number of ether oxygens (including phenoxy) is 2. The van der Waals surface area contributed by atoms with Crippen molar-refractivity contribution in [3.63, 3.8) is 0 Å². The van der Waals surface area contributed by atoms with Crippen molar-refractivity contribution in [1.29, 1.82) is 0 Å². The van der Waals surface area contributed by atoms with E-state index in [2.05, 4.69) is 9.46 Å². The van der Waals surface area contributed by atoms with Crippen LogP contribution in [0.25, 0.3) is 0 Å². The second kappa shape index (κ2) is 7.36. The number of nitrogens with one attached hydrogen (secondary N) is 1. The van der Waals surface area contributed by atoms with Crippen LogP contribution in [0.5, 0.6) is 5.75 Å². The molecule has 0 fully saturated rings. The summed E-state index contributed by atoms with van der Waals surface area (Å²) >= 11 is 0. The van der Waals surface area contributed by atoms with E-state index in [1.165, 1.54) is 25.3 Å². The molecule has 0 atom stereocenters. The second-order valence-electron chi connectivity index (χ2n) is 3.77. The van der Waals surface area contributed by atoms with Gasteiger partial charge < -0.3 is 15.2 Å². The molecule has 0 aliphatic carbocycles. The van der Waals surface area contributed by atoms with Crippen molar-refractivity contribution in [3.05, 3.63) is 18.2 Å². The molecule has 0 spiro atoms. The first kappa shape index (κ1) is 16.6. The van der Waals surface area contributed by atoms with E-state index in [1.54, 1.807) is 0 Å². The zero-order valence-corrected chi connectivity index (χ0v) is 11.6. The molecule has 0 bridgehead atoms. The number of benzene rings is 1. The number of nitrogen functional groups attached to an aromatic ring is 1. The molecule has 0 amide bonds. The summed E-state index contributed by atoms with van der Waals surface area (Å²) < 4.78 is 59.4. The molecular weight excluding hydrogens is 294 g/mol. The number of anilines is 1. The maximum absolute atomic E-state index is 12.0. The molecule has 1 rings (SSSR count). The Kier molecular flexibility index (Phi) is 6.11. The van der Waals surface area contributed by atoms with E-state index in [-0.39, 0.29) is 29.5 Å². The summed E-state index contributed by atoms with van der Waals surface area (Å²) in [7, 11) is -2.52. The number of halogens is 2. The van der Waals surface area contributed by atoms with Gasteiger partial charge in [-0.2, -0.15) is 0 Å². The zero-order chi connectivity index (χ0) is 15.2. The molecule has 0 aliphatic heterocycles. The van der Waals surface area contributed by atoms with Gasteiger partial charge in [-0.05, 0) is 18.2 Å². The van der Waals surface area contributed by atoms with Crippen LogP contribution in [0, 0.1) is 0 Å². The summed E-state index contributed by atoms with van der Waals surface area (Å²) in [6.07, 6.45) is -2.58. The fourth-order valence-corrected chi connectivity index (χ4v) is 2.62. The Labute approximate surface area is 115 Å². The minimum Gasteiger partial charge on any atom is -0.495 e. The van der Waals surface area contributed by atoms with Crippen molar-refractivity contribution < 1.29 is 26.7 Å². The average molecular weight is 310 g/mol. The molecule has 0 saturated heterocycles. The van der Waals surface area contributed by atoms with Crippen LogP contribution in [0.4, 0.5) is 14.5 Å². The molecule has 6 nitrogen and oxygen atoms in total. The summed E-state index contributed by atoms with van der Waals surface area (Å²) in [6, 6.07) is 4.18. The Hall–Kier alpha value is -1.45. The van der Waals surface area contributed by atoms with Crippen LogP contribution in [0.2, 0.25) is 0 Å². The summed E-state index contributed by atoms with van der Waals surface area (Å²) in [5.74, 6) is 0.139. The third-order valence-electron chi connectivity index (χ3n) is 2.26. The quantitative estimate of drug-likeness (QED) is 0.548. The Balaban J connectivity index is 2.67. The highest BCUT2D eigenvalue weighted by atomic mass is 32.2. The molecule has 114 valence electrons. The van der Waals surface area contributed by atoms with Crippen LogP contribution in [-0.2, 0) is 14.8 Å². The van der Waals surface area contributed by atoms with Crippen molar-refractivity contribution in [2.75, 3.05) is 32.6 Å². The predicted octanol–water partition coefficient (Wildman–Crippen LogP) is 0.837. The van der Waals surface area contributed by atoms with Gasteiger partial charge in [-0.25, -0.2) is 21.9 Å². The van der Waals surface area contributed by atoms with Crippen LogP contribution in [-0.4, -0.2) is 41.7 Å². The lowest BCUT2D eigenvalue weighted by molar-refractivity contribution is 0.0199. The number of hydrogen-bond acceptors (Lipinski definition) is 5. The number of rotatable bonds is 8. The molecule has 0 aromatic heterocycles. The van der Waals surface area contributed by atoms with E-state index in [0.717, 1.165) is 0 Å². The molecule has 0 saturated carbocycles. The van der Waals surface area contributed by atoms with Crippen molar-refractivity contribution in [1.82, 2.24) is 4.72 Å². The minimum atomic E-state index is -3.85. The molecule has 0 aliphatic rings. The molecule has 1 aromatic rings. The van der Waals surface area contributed by atoms with Gasteiger partial charge in [0, 0.05) is 12.2 Å². The third kappa shape index (κ3) is 4.91.